The predicted molar refractivity (Wildman–Crippen MR) is 92.8 cm³/mol. The number of hydrogen-bond donors (Lipinski definition) is 2. The van der Waals surface area contributed by atoms with Crippen LogP contribution in [0.15, 0.2) is 42.6 Å². The van der Waals surface area contributed by atoms with Gasteiger partial charge in [-0.25, -0.2) is 0 Å². The zero-order valence-electron chi connectivity index (χ0n) is 12.7. The molecule has 1 fully saturated rings. The van der Waals surface area contributed by atoms with Gasteiger partial charge in [0.25, 0.3) is 0 Å². The number of carbonyl (C=O) groups excluding carboxylic acids is 2. The minimum absolute atomic E-state index is 0.261. The highest BCUT2D eigenvalue weighted by Gasteiger charge is 2.56. The fourth-order valence-corrected chi connectivity index (χ4v) is 2.72. The van der Waals surface area contributed by atoms with Crippen molar-refractivity contribution in [3.63, 3.8) is 0 Å². The molecule has 2 amide bonds. The van der Waals surface area contributed by atoms with Crippen LogP contribution < -0.4 is 10.6 Å². The summed E-state index contributed by atoms with van der Waals surface area (Å²) in [6.45, 7) is 0.284. The lowest BCUT2D eigenvalue weighted by Crippen LogP contribution is -2.39. The summed E-state index contributed by atoms with van der Waals surface area (Å²) in [7, 11) is 0. The highest BCUT2D eigenvalue weighted by atomic mass is 35.5. The summed E-state index contributed by atoms with van der Waals surface area (Å²) < 4.78 is 0. The van der Waals surface area contributed by atoms with Crippen LogP contribution in [0.5, 0.6) is 0 Å². The Bertz CT molecular complexity index is 777. The maximum atomic E-state index is 12.5. The molecule has 7 heteroatoms. The third-order valence-electron chi connectivity index (χ3n) is 3.98. The maximum Gasteiger partial charge on any atom is 0.240 e. The molecule has 0 atom stereocenters. The van der Waals surface area contributed by atoms with E-state index in [1.807, 2.05) is 12.1 Å². The van der Waals surface area contributed by atoms with Crippen LogP contribution in [0.3, 0.4) is 0 Å². The van der Waals surface area contributed by atoms with Crippen molar-refractivity contribution < 1.29 is 9.59 Å². The zero-order chi connectivity index (χ0) is 17.2. The van der Waals surface area contributed by atoms with Crippen LogP contribution in [0.1, 0.15) is 18.5 Å². The molecular weight excluding hydrogens is 349 g/mol. The number of hydrogen-bond acceptors (Lipinski definition) is 3. The van der Waals surface area contributed by atoms with Gasteiger partial charge in [0.05, 0.1) is 28.0 Å². The molecule has 1 heterocycles. The van der Waals surface area contributed by atoms with Gasteiger partial charge in [-0.2, -0.15) is 0 Å². The molecule has 1 aliphatic carbocycles. The minimum atomic E-state index is -1.04. The Morgan fingerprint density at radius 1 is 1.08 bits per heavy atom. The molecule has 0 spiro atoms. The first kappa shape index (κ1) is 16.7. The molecule has 1 saturated carbocycles. The monoisotopic (exact) mass is 363 g/mol. The lowest BCUT2D eigenvalue weighted by Gasteiger charge is -2.16. The molecule has 3 rings (SSSR count). The Morgan fingerprint density at radius 3 is 2.54 bits per heavy atom. The lowest BCUT2D eigenvalue weighted by atomic mass is 10.0. The molecule has 24 heavy (non-hydrogen) atoms. The van der Waals surface area contributed by atoms with E-state index in [-0.39, 0.29) is 23.4 Å². The van der Waals surface area contributed by atoms with E-state index in [0.29, 0.717) is 23.6 Å². The van der Waals surface area contributed by atoms with E-state index in [4.69, 9.17) is 23.2 Å². The van der Waals surface area contributed by atoms with Crippen molar-refractivity contribution in [2.75, 3.05) is 5.32 Å². The molecule has 2 N–H and O–H groups in total. The maximum absolute atomic E-state index is 12.5. The SMILES string of the molecule is O=C(NCc1ccccn1)C1(C(=O)Nc2cccc(Cl)c2Cl)CC1. The summed E-state index contributed by atoms with van der Waals surface area (Å²) in [5, 5.41) is 6.08. The lowest BCUT2D eigenvalue weighted by molar-refractivity contribution is -0.134. The number of nitrogens with one attached hydrogen (secondary N) is 2. The number of amides is 2. The van der Waals surface area contributed by atoms with Crippen LogP contribution in [-0.4, -0.2) is 16.8 Å². The van der Waals surface area contributed by atoms with Gasteiger partial charge in [-0.3, -0.25) is 14.6 Å². The molecule has 0 aliphatic heterocycles. The normalized spacial score (nSPS) is 14.8. The molecule has 0 bridgehead atoms. The van der Waals surface area contributed by atoms with Gasteiger partial charge in [-0.1, -0.05) is 35.3 Å². The highest BCUT2D eigenvalue weighted by Crippen LogP contribution is 2.47. The Labute approximate surface area is 149 Å². The zero-order valence-corrected chi connectivity index (χ0v) is 14.2. The Hall–Kier alpha value is -2.11. The Morgan fingerprint density at radius 2 is 1.88 bits per heavy atom. The van der Waals surface area contributed by atoms with Crippen molar-refractivity contribution in [3.8, 4) is 0 Å². The first-order valence-corrected chi connectivity index (χ1v) is 8.22. The van der Waals surface area contributed by atoms with E-state index < -0.39 is 5.41 Å². The second-order valence-electron chi connectivity index (χ2n) is 5.64. The van der Waals surface area contributed by atoms with E-state index in [1.54, 1.807) is 30.5 Å². The van der Waals surface area contributed by atoms with E-state index in [1.165, 1.54) is 0 Å². The quantitative estimate of drug-likeness (QED) is 0.799. The first-order chi connectivity index (χ1) is 11.5. The van der Waals surface area contributed by atoms with E-state index >= 15 is 0 Å². The molecule has 5 nitrogen and oxygen atoms in total. The van der Waals surface area contributed by atoms with Gasteiger partial charge in [0.15, 0.2) is 0 Å². The Balaban J connectivity index is 1.65. The smallest absolute Gasteiger partial charge is 0.240 e. The van der Waals surface area contributed by atoms with Gasteiger partial charge < -0.3 is 10.6 Å². The second-order valence-corrected chi connectivity index (χ2v) is 6.43. The number of carbonyl (C=O) groups is 2. The van der Waals surface area contributed by atoms with Crippen LogP contribution in [0, 0.1) is 5.41 Å². The number of pyridine rings is 1. The molecule has 0 saturated heterocycles. The van der Waals surface area contributed by atoms with Crippen LogP contribution >= 0.6 is 23.2 Å². The van der Waals surface area contributed by atoms with Gasteiger partial charge >= 0.3 is 0 Å². The van der Waals surface area contributed by atoms with Gasteiger partial charge in [-0.15, -0.1) is 0 Å². The van der Waals surface area contributed by atoms with Crippen LogP contribution in [0.4, 0.5) is 5.69 Å². The Kier molecular flexibility index (Phi) is 4.73. The fraction of sp³-hybridized carbons (Fsp3) is 0.235. The summed E-state index contributed by atoms with van der Waals surface area (Å²) in [4.78, 5) is 29.1. The van der Waals surface area contributed by atoms with Crippen LogP contribution in [0.2, 0.25) is 10.0 Å². The standard InChI is InChI=1S/C17H15Cl2N3O2/c18-12-5-3-6-13(14(12)19)22-16(24)17(7-8-17)15(23)21-10-11-4-1-2-9-20-11/h1-6,9H,7-8,10H2,(H,21,23)(H,22,24). The molecule has 1 aromatic heterocycles. The molecule has 0 unspecified atom stereocenters. The van der Waals surface area contributed by atoms with Crippen molar-refractivity contribution in [1.29, 1.82) is 0 Å². The number of rotatable bonds is 5. The summed E-state index contributed by atoms with van der Waals surface area (Å²) in [5.41, 5.74) is 0.0957. The van der Waals surface area contributed by atoms with E-state index in [9.17, 15) is 9.59 Å². The average Bonchev–Trinajstić information content (AvgIpc) is 3.40. The molecule has 0 radical (unpaired) electrons. The van der Waals surface area contributed by atoms with E-state index in [2.05, 4.69) is 15.6 Å². The molecule has 1 aliphatic rings. The number of benzene rings is 1. The summed E-state index contributed by atoms with van der Waals surface area (Å²) in [6.07, 6.45) is 2.67. The molecule has 2 aromatic rings. The van der Waals surface area contributed by atoms with Crippen LogP contribution in [0.25, 0.3) is 0 Å². The second kappa shape index (κ2) is 6.79. The van der Waals surface area contributed by atoms with Gasteiger partial charge in [0, 0.05) is 6.20 Å². The molecule has 1 aromatic carbocycles. The van der Waals surface area contributed by atoms with Crippen molar-refractivity contribution in [2.24, 2.45) is 5.41 Å². The van der Waals surface area contributed by atoms with Gasteiger partial charge in [0.2, 0.25) is 11.8 Å². The summed E-state index contributed by atoms with van der Waals surface area (Å²) >= 11 is 12.0. The van der Waals surface area contributed by atoms with Gasteiger partial charge in [-0.05, 0) is 37.1 Å². The summed E-state index contributed by atoms with van der Waals surface area (Å²) in [6, 6.07) is 10.4. The third-order valence-corrected chi connectivity index (χ3v) is 4.79. The number of aromatic nitrogens is 1. The van der Waals surface area contributed by atoms with Crippen molar-refractivity contribution in [1.82, 2.24) is 10.3 Å². The van der Waals surface area contributed by atoms with Crippen molar-refractivity contribution in [2.45, 2.75) is 19.4 Å². The number of anilines is 1. The first-order valence-electron chi connectivity index (χ1n) is 7.46. The average molecular weight is 364 g/mol. The molecule has 124 valence electrons. The van der Waals surface area contributed by atoms with Crippen LogP contribution in [-0.2, 0) is 16.1 Å². The largest absolute Gasteiger partial charge is 0.350 e. The number of halogens is 2. The van der Waals surface area contributed by atoms with Crippen molar-refractivity contribution in [3.05, 3.63) is 58.3 Å². The molecular formula is C17H15Cl2N3O2. The highest BCUT2D eigenvalue weighted by molar-refractivity contribution is 6.44. The topological polar surface area (TPSA) is 71.1 Å². The minimum Gasteiger partial charge on any atom is -0.350 e. The third kappa shape index (κ3) is 3.37. The van der Waals surface area contributed by atoms with Gasteiger partial charge in [0.1, 0.15) is 5.41 Å². The fourth-order valence-electron chi connectivity index (χ4n) is 2.37. The summed E-state index contributed by atoms with van der Waals surface area (Å²) in [5.74, 6) is -0.672. The predicted octanol–water partition coefficient (Wildman–Crippen LogP) is 3.42. The van der Waals surface area contributed by atoms with Crippen molar-refractivity contribution >= 4 is 40.7 Å². The number of nitrogens with zero attached hydrogens (tertiary/aromatic N) is 1. The van der Waals surface area contributed by atoms with E-state index in [0.717, 1.165) is 5.69 Å².